The van der Waals surface area contributed by atoms with Crippen molar-refractivity contribution < 1.29 is 18.3 Å². The number of hydrogen-bond donors (Lipinski definition) is 1. The van der Waals surface area contributed by atoms with Crippen LogP contribution in [0.3, 0.4) is 0 Å². The fourth-order valence-corrected chi connectivity index (χ4v) is 1.89. The van der Waals surface area contributed by atoms with E-state index in [0.717, 1.165) is 5.69 Å². The Hall–Kier alpha value is -1.11. The summed E-state index contributed by atoms with van der Waals surface area (Å²) >= 11 is 5.96. The molecule has 0 aliphatic carbocycles. The van der Waals surface area contributed by atoms with Crippen molar-refractivity contribution in [2.45, 2.75) is 18.9 Å². The fourth-order valence-electron chi connectivity index (χ4n) is 1.60. The molecule has 0 radical (unpaired) electrons. The number of halogens is 4. The molecule has 0 bridgehead atoms. The van der Waals surface area contributed by atoms with E-state index in [4.69, 9.17) is 17.3 Å². The number of carbonyl (C=O) groups is 1. The molecular weight excluding hydrogens is 325 g/mol. The van der Waals surface area contributed by atoms with E-state index in [0.29, 0.717) is 0 Å². The van der Waals surface area contributed by atoms with Crippen LogP contribution in [0.5, 0.6) is 0 Å². The Morgan fingerprint density at radius 2 is 2.05 bits per heavy atom. The fraction of sp³-hybridized carbons (Fsp3) is 0.462. The lowest BCUT2D eigenvalue weighted by Gasteiger charge is -2.23. The van der Waals surface area contributed by atoms with Crippen molar-refractivity contribution in [1.29, 1.82) is 0 Å². The topological polar surface area (TPSA) is 55.6 Å². The van der Waals surface area contributed by atoms with Crippen molar-refractivity contribution >= 4 is 35.7 Å². The molecule has 0 unspecified atom stereocenters. The predicted molar refractivity (Wildman–Crippen MR) is 81.5 cm³/mol. The average Bonchev–Trinajstić information content (AvgIpc) is 2.37. The van der Waals surface area contributed by atoms with Crippen molar-refractivity contribution in [2.75, 3.05) is 25.6 Å². The zero-order valence-corrected chi connectivity index (χ0v) is 13.5. The van der Waals surface area contributed by atoms with E-state index in [1.54, 1.807) is 25.1 Å². The number of hydrogen-bond acceptors (Lipinski definition) is 4. The molecule has 1 rings (SSSR count). The second-order valence-electron chi connectivity index (χ2n) is 4.42. The summed E-state index contributed by atoms with van der Waals surface area (Å²) in [5.41, 5.74) is 6.22. The molecule has 1 atom stereocenters. The molecule has 0 saturated carbocycles. The number of esters is 1. The highest BCUT2D eigenvalue weighted by Gasteiger charge is 2.48. The van der Waals surface area contributed by atoms with Crippen LogP contribution >= 0.6 is 24.0 Å². The molecule has 21 heavy (non-hydrogen) atoms. The van der Waals surface area contributed by atoms with Gasteiger partial charge in [0.2, 0.25) is 0 Å². The summed E-state index contributed by atoms with van der Waals surface area (Å²) in [6, 6.07) is 2.64. The molecule has 0 aliphatic heterocycles. The Balaban J connectivity index is 0.00000400. The number of benzene rings is 1. The average molecular weight is 343 g/mol. The summed E-state index contributed by atoms with van der Waals surface area (Å²) in [6.45, 7) is 1.30. The van der Waals surface area contributed by atoms with Gasteiger partial charge in [0.1, 0.15) is 6.04 Å². The number of ether oxygens (including phenoxy) is 1. The van der Waals surface area contributed by atoms with E-state index < -0.39 is 17.9 Å². The van der Waals surface area contributed by atoms with E-state index in [9.17, 15) is 13.6 Å². The van der Waals surface area contributed by atoms with Gasteiger partial charge in [-0.25, -0.2) is 4.79 Å². The predicted octanol–water partition coefficient (Wildman–Crippen LogP) is 3.03. The van der Waals surface area contributed by atoms with Gasteiger partial charge in [-0.05, 0) is 24.6 Å². The molecule has 0 fully saturated rings. The van der Waals surface area contributed by atoms with E-state index >= 15 is 0 Å². The number of nitrogens with zero attached hydrogens (tertiary/aromatic N) is 1. The normalized spacial score (nSPS) is 12.3. The molecule has 120 valence electrons. The lowest BCUT2D eigenvalue weighted by Crippen LogP contribution is -2.41. The molecular formula is C13H18Cl2F2N2O2. The van der Waals surface area contributed by atoms with Crippen LogP contribution in [-0.2, 0) is 9.53 Å². The van der Waals surface area contributed by atoms with Crippen LogP contribution in [0.2, 0.25) is 5.02 Å². The molecule has 4 nitrogen and oxygen atoms in total. The largest absolute Gasteiger partial charge is 0.462 e. The summed E-state index contributed by atoms with van der Waals surface area (Å²) in [4.78, 5) is 13.0. The third kappa shape index (κ3) is 4.43. The molecule has 1 aromatic carbocycles. The van der Waals surface area contributed by atoms with Crippen molar-refractivity contribution in [3.8, 4) is 0 Å². The highest BCUT2D eigenvalue weighted by Crippen LogP contribution is 2.35. The third-order valence-electron chi connectivity index (χ3n) is 2.77. The summed E-state index contributed by atoms with van der Waals surface area (Å²) in [7, 11) is 3.58. The first-order valence-electron chi connectivity index (χ1n) is 5.99. The molecule has 0 spiro atoms. The van der Waals surface area contributed by atoms with E-state index in [1.165, 1.54) is 19.1 Å². The molecule has 0 saturated heterocycles. The van der Waals surface area contributed by atoms with Crippen molar-refractivity contribution in [3.63, 3.8) is 0 Å². The van der Waals surface area contributed by atoms with Crippen molar-refractivity contribution in [1.82, 2.24) is 0 Å². The third-order valence-corrected chi connectivity index (χ3v) is 3.10. The van der Waals surface area contributed by atoms with Crippen LogP contribution < -0.4 is 10.6 Å². The van der Waals surface area contributed by atoms with Crippen LogP contribution in [0, 0.1) is 0 Å². The van der Waals surface area contributed by atoms with Gasteiger partial charge in [-0.1, -0.05) is 17.7 Å². The zero-order chi connectivity index (χ0) is 15.5. The Morgan fingerprint density at radius 1 is 1.48 bits per heavy atom. The van der Waals surface area contributed by atoms with Gasteiger partial charge in [0, 0.05) is 24.8 Å². The van der Waals surface area contributed by atoms with Gasteiger partial charge in [-0.2, -0.15) is 8.78 Å². The zero-order valence-electron chi connectivity index (χ0n) is 11.9. The summed E-state index contributed by atoms with van der Waals surface area (Å²) in [5.74, 6) is -5.49. The van der Waals surface area contributed by atoms with E-state index in [1.807, 2.05) is 0 Å². The maximum absolute atomic E-state index is 13.9. The van der Waals surface area contributed by atoms with Gasteiger partial charge >= 0.3 is 11.9 Å². The maximum Gasteiger partial charge on any atom is 0.379 e. The van der Waals surface area contributed by atoms with Crippen LogP contribution in [0.4, 0.5) is 14.5 Å². The molecule has 0 aromatic heterocycles. The summed E-state index contributed by atoms with van der Waals surface area (Å²) in [5, 5.41) is 0.0765. The number of alkyl halides is 2. The summed E-state index contributed by atoms with van der Waals surface area (Å²) in [6.07, 6.45) is 0. The van der Waals surface area contributed by atoms with Gasteiger partial charge in [0.05, 0.1) is 6.61 Å². The van der Waals surface area contributed by atoms with Crippen molar-refractivity contribution in [3.05, 3.63) is 28.8 Å². The molecule has 0 amide bonds. The summed E-state index contributed by atoms with van der Waals surface area (Å²) < 4.78 is 32.0. The number of rotatable bonds is 5. The Kier molecular flexibility index (Phi) is 7.36. The van der Waals surface area contributed by atoms with Gasteiger partial charge in [-0.3, -0.25) is 0 Å². The number of carbonyl (C=O) groups excluding carboxylic acids is 1. The van der Waals surface area contributed by atoms with Gasteiger partial charge < -0.3 is 15.4 Å². The SMILES string of the molecule is CCOC(=O)C(F)(F)[C@H](N)c1ccc(N(C)C)cc1Cl.Cl. The smallest absolute Gasteiger partial charge is 0.379 e. The minimum atomic E-state index is -3.83. The molecule has 2 N–H and O–H groups in total. The number of anilines is 1. The second kappa shape index (κ2) is 7.77. The van der Waals surface area contributed by atoms with Crippen LogP contribution in [-0.4, -0.2) is 32.6 Å². The minimum absolute atomic E-state index is 0. The Morgan fingerprint density at radius 3 is 2.48 bits per heavy atom. The number of nitrogens with two attached hydrogens (primary N) is 1. The lowest BCUT2D eigenvalue weighted by molar-refractivity contribution is -0.174. The monoisotopic (exact) mass is 342 g/mol. The first kappa shape index (κ1) is 19.9. The first-order valence-corrected chi connectivity index (χ1v) is 6.37. The van der Waals surface area contributed by atoms with Crippen LogP contribution in [0.25, 0.3) is 0 Å². The highest BCUT2D eigenvalue weighted by atomic mass is 35.5. The minimum Gasteiger partial charge on any atom is -0.462 e. The second-order valence-corrected chi connectivity index (χ2v) is 4.83. The maximum atomic E-state index is 13.9. The molecule has 1 aromatic rings. The van der Waals surface area contributed by atoms with Gasteiger partial charge in [0.15, 0.2) is 0 Å². The van der Waals surface area contributed by atoms with Gasteiger partial charge in [-0.15, -0.1) is 12.4 Å². The Labute approximate surface area is 133 Å². The molecule has 0 aliphatic rings. The lowest BCUT2D eigenvalue weighted by atomic mass is 10.0. The van der Waals surface area contributed by atoms with Crippen molar-refractivity contribution in [2.24, 2.45) is 5.73 Å². The first-order chi connectivity index (χ1) is 9.21. The van der Waals surface area contributed by atoms with Gasteiger partial charge in [0.25, 0.3) is 0 Å². The molecule has 0 heterocycles. The van der Waals surface area contributed by atoms with E-state index in [-0.39, 0.29) is 29.6 Å². The quantitative estimate of drug-likeness (QED) is 0.835. The highest BCUT2D eigenvalue weighted by molar-refractivity contribution is 6.31. The van der Waals surface area contributed by atoms with E-state index in [2.05, 4.69) is 4.74 Å². The van der Waals surface area contributed by atoms with Crippen LogP contribution in [0.15, 0.2) is 18.2 Å². The van der Waals surface area contributed by atoms with Crippen LogP contribution in [0.1, 0.15) is 18.5 Å². The Bertz CT molecular complexity index is 499. The molecule has 8 heteroatoms. The standard InChI is InChI=1S/C13H17ClF2N2O2.ClH/c1-4-20-12(19)13(15,16)11(17)9-6-5-8(18(2)3)7-10(9)14;/h5-7,11H,4,17H2,1-3H3;1H/t11-;/m1./s1.